The number of halogens is 4. The van der Waals surface area contributed by atoms with Gasteiger partial charge in [-0.15, -0.1) is 0 Å². The molecule has 134 valence electrons. The van der Waals surface area contributed by atoms with E-state index >= 15 is 0 Å². The fourth-order valence-corrected chi connectivity index (χ4v) is 3.87. The zero-order valence-electron chi connectivity index (χ0n) is 13.7. The minimum Gasteiger partial charge on any atom is -0.365 e. The lowest BCUT2D eigenvalue weighted by Crippen LogP contribution is -2.35. The van der Waals surface area contributed by atoms with Crippen molar-refractivity contribution in [2.45, 2.75) is 38.5 Å². The molecule has 0 aromatic carbocycles. The first-order valence-electron chi connectivity index (χ1n) is 8.73. The van der Waals surface area contributed by atoms with Crippen molar-refractivity contribution in [3.05, 3.63) is 23.5 Å². The fraction of sp³-hybridized carbons (Fsp3) is 0.706. The van der Waals surface area contributed by atoms with Crippen LogP contribution in [0, 0.1) is 29.4 Å². The third-order valence-corrected chi connectivity index (χ3v) is 5.12. The van der Waals surface area contributed by atoms with Gasteiger partial charge in [-0.3, -0.25) is 0 Å². The highest BCUT2D eigenvalue weighted by atomic mass is 19.2. The smallest absolute Gasteiger partial charge is 0.253 e. The van der Waals surface area contributed by atoms with Crippen LogP contribution in [-0.2, 0) is 0 Å². The lowest BCUT2D eigenvalue weighted by Gasteiger charge is -2.29. The van der Waals surface area contributed by atoms with E-state index in [0.29, 0.717) is 32.0 Å². The van der Waals surface area contributed by atoms with Crippen LogP contribution in [0.5, 0.6) is 0 Å². The first-order chi connectivity index (χ1) is 11.6. The molecule has 0 amide bonds. The number of nitrogens with zero attached hydrogens (tertiary/aromatic N) is 3. The van der Waals surface area contributed by atoms with E-state index in [4.69, 9.17) is 0 Å². The van der Waals surface area contributed by atoms with Crippen molar-refractivity contribution in [3.8, 4) is 0 Å². The van der Waals surface area contributed by atoms with E-state index in [9.17, 15) is 17.6 Å². The van der Waals surface area contributed by atoms with Crippen LogP contribution in [0.15, 0.2) is 0 Å². The van der Waals surface area contributed by atoms with Crippen LogP contribution in [0.3, 0.4) is 0 Å². The molecular weight excluding hydrogens is 322 g/mol. The molecule has 0 unspecified atom stereocenters. The molecule has 0 N–H and O–H groups in total. The Morgan fingerprint density at radius 1 is 0.792 bits per heavy atom. The molecule has 1 aromatic heterocycles. The minimum absolute atomic E-state index is 0.351. The summed E-state index contributed by atoms with van der Waals surface area (Å²) in [5.41, 5.74) is -0.625. The summed E-state index contributed by atoms with van der Waals surface area (Å²) >= 11 is 0. The Hall–Kier alpha value is -1.37. The first kappa shape index (κ1) is 17.5. The average Bonchev–Trinajstić information content (AvgIpc) is 2.80. The molecule has 1 saturated carbocycles. The van der Waals surface area contributed by atoms with Gasteiger partial charge < -0.3 is 9.80 Å². The monoisotopic (exact) mass is 345 g/mol. The Bertz CT molecular complexity index is 549. The van der Waals surface area contributed by atoms with Gasteiger partial charge in [0.2, 0.25) is 11.6 Å². The Morgan fingerprint density at radius 3 is 2.12 bits per heavy atom. The predicted molar refractivity (Wildman–Crippen MR) is 83.9 cm³/mol. The molecule has 3 nitrogen and oxygen atoms in total. The number of rotatable bonds is 3. The molecule has 1 aliphatic heterocycles. The molecule has 1 aliphatic carbocycles. The Balaban J connectivity index is 1.67. The normalized spacial score (nSPS) is 21.1. The van der Waals surface area contributed by atoms with Crippen LogP contribution >= 0.6 is 0 Å². The van der Waals surface area contributed by atoms with E-state index in [0.717, 1.165) is 13.1 Å². The van der Waals surface area contributed by atoms with E-state index in [-0.39, 0.29) is 0 Å². The van der Waals surface area contributed by atoms with Crippen molar-refractivity contribution in [1.82, 2.24) is 9.88 Å². The number of pyridine rings is 1. The van der Waals surface area contributed by atoms with E-state index in [2.05, 4.69) is 9.88 Å². The van der Waals surface area contributed by atoms with Crippen LogP contribution in [0.1, 0.15) is 38.5 Å². The van der Waals surface area contributed by atoms with Crippen molar-refractivity contribution in [3.63, 3.8) is 0 Å². The third-order valence-electron chi connectivity index (χ3n) is 5.12. The van der Waals surface area contributed by atoms with E-state index in [1.807, 2.05) is 0 Å². The number of hydrogen-bond donors (Lipinski definition) is 0. The lowest BCUT2D eigenvalue weighted by atomic mass is 9.89. The molecule has 0 bridgehead atoms. The molecule has 24 heavy (non-hydrogen) atoms. The second-order valence-corrected chi connectivity index (χ2v) is 6.82. The molecule has 2 fully saturated rings. The van der Waals surface area contributed by atoms with Crippen LogP contribution in [0.4, 0.5) is 23.2 Å². The number of anilines is 1. The van der Waals surface area contributed by atoms with Crippen LogP contribution in [0.25, 0.3) is 0 Å². The van der Waals surface area contributed by atoms with E-state index in [1.165, 1.54) is 37.0 Å². The molecule has 1 saturated heterocycles. The predicted octanol–water partition coefficient (Wildman–Crippen LogP) is 3.73. The number of hydrogen-bond acceptors (Lipinski definition) is 3. The van der Waals surface area contributed by atoms with Crippen molar-refractivity contribution in [1.29, 1.82) is 0 Å². The summed E-state index contributed by atoms with van der Waals surface area (Å²) in [7, 11) is 0. The summed E-state index contributed by atoms with van der Waals surface area (Å²) < 4.78 is 54.5. The minimum atomic E-state index is -1.59. The van der Waals surface area contributed by atoms with Gasteiger partial charge in [0.15, 0.2) is 0 Å². The summed E-state index contributed by atoms with van der Waals surface area (Å²) in [5.74, 6) is -5.31. The van der Waals surface area contributed by atoms with Gasteiger partial charge in [0.05, 0.1) is 0 Å². The maximum absolute atomic E-state index is 13.9. The van der Waals surface area contributed by atoms with Crippen molar-refractivity contribution < 1.29 is 17.6 Å². The molecular formula is C17H23F4N3. The Kier molecular flexibility index (Phi) is 5.58. The zero-order chi connectivity index (χ0) is 17.1. The highest BCUT2D eigenvalue weighted by Crippen LogP contribution is 2.28. The Morgan fingerprint density at radius 2 is 1.46 bits per heavy atom. The molecule has 0 radical (unpaired) electrons. The molecule has 2 heterocycles. The second kappa shape index (κ2) is 7.68. The lowest BCUT2D eigenvalue weighted by molar-refractivity contribution is 0.211. The van der Waals surface area contributed by atoms with Crippen LogP contribution in [-0.4, -0.2) is 42.6 Å². The summed E-state index contributed by atoms with van der Waals surface area (Å²) in [4.78, 5) is 6.33. The van der Waals surface area contributed by atoms with Crippen molar-refractivity contribution in [2.75, 3.05) is 37.6 Å². The second-order valence-electron chi connectivity index (χ2n) is 6.82. The molecule has 0 spiro atoms. The van der Waals surface area contributed by atoms with Gasteiger partial charge in [0.25, 0.3) is 11.9 Å². The van der Waals surface area contributed by atoms with Gasteiger partial charge in [-0.2, -0.15) is 22.5 Å². The van der Waals surface area contributed by atoms with Crippen molar-refractivity contribution in [2.24, 2.45) is 5.92 Å². The van der Waals surface area contributed by atoms with Gasteiger partial charge in [0, 0.05) is 26.2 Å². The third kappa shape index (κ3) is 3.82. The van der Waals surface area contributed by atoms with Crippen molar-refractivity contribution >= 4 is 5.69 Å². The van der Waals surface area contributed by atoms with Gasteiger partial charge in [0.1, 0.15) is 5.69 Å². The first-order valence-corrected chi connectivity index (χ1v) is 8.73. The quantitative estimate of drug-likeness (QED) is 0.615. The largest absolute Gasteiger partial charge is 0.365 e. The highest BCUT2D eigenvalue weighted by Gasteiger charge is 2.27. The summed E-state index contributed by atoms with van der Waals surface area (Å²) in [6.07, 6.45) is 7.04. The average molecular weight is 345 g/mol. The maximum atomic E-state index is 13.9. The summed E-state index contributed by atoms with van der Waals surface area (Å²) in [5, 5.41) is 0. The molecule has 3 rings (SSSR count). The fourth-order valence-electron chi connectivity index (χ4n) is 3.87. The standard InChI is InChI=1S/C17H23F4N3/c18-13-15(14(19)17(21)22-16(13)20)24-8-4-7-23(9-10-24)11-12-5-2-1-3-6-12/h12H,1-11H2. The van der Waals surface area contributed by atoms with Gasteiger partial charge in [-0.05, 0) is 31.7 Å². The SMILES string of the molecule is Fc1nc(F)c(F)c(N2CCCN(CC3CCCCC3)CC2)c1F. The molecule has 7 heteroatoms. The van der Waals surface area contributed by atoms with Crippen LogP contribution in [0.2, 0.25) is 0 Å². The Labute approximate surface area is 139 Å². The van der Waals surface area contributed by atoms with E-state index in [1.54, 1.807) is 0 Å². The molecule has 1 aromatic rings. The molecule has 0 atom stereocenters. The number of aromatic nitrogens is 1. The zero-order valence-corrected chi connectivity index (χ0v) is 13.7. The van der Waals surface area contributed by atoms with Gasteiger partial charge >= 0.3 is 0 Å². The van der Waals surface area contributed by atoms with Crippen LogP contribution < -0.4 is 4.90 Å². The highest BCUT2D eigenvalue weighted by molar-refractivity contribution is 5.48. The summed E-state index contributed by atoms with van der Waals surface area (Å²) in [6, 6.07) is 0. The molecule has 2 aliphatic rings. The van der Waals surface area contributed by atoms with E-state index < -0.39 is 29.2 Å². The summed E-state index contributed by atoms with van der Waals surface area (Å²) in [6.45, 7) is 3.20. The maximum Gasteiger partial charge on any atom is 0.253 e. The topological polar surface area (TPSA) is 19.4 Å². The van der Waals surface area contributed by atoms with Gasteiger partial charge in [-0.25, -0.2) is 0 Å². The van der Waals surface area contributed by atoms with Gasteiger partial charge in [-0.1, -0.05) is 19.3 Å².